The first-order valence-electron chi connectivity index (χ1n) is 5.83. The maximum atomic E-state index is 8.87. The lowest BCUT2D eigenvalue weighted by Crippen LogP contribution is -2.23. The largest absolute Gasteiger partial charge is 0.397 e. The third-order valence-corrected chi connectivity index (χ3v) is 3.22. The lowest BCUT2D eigenvalue weighted by Gasteiger charge is -2.24. The number of nitriles is 1. The van der Waals surface area contributed by atoms with E-state index in [1.807, 2.05) is 13.0 Å². The van der Waals surface area contributed by atoms with E-state index in [0.717, 1.165) is 17.5 Å². The van der Waals surface area contributed by atoms with Crippen LogP contribution in [0.1, 0.15) is 43.9 Å². The molecule has 92 valence electrons. The molecule has 3 heteroatoms. The van der Waals surface area contributed by atoms with Gasteiger partial charge in [-0.2, -0.15) is 5.26 Å². The van der Waals surface area contributed by atoms with Gasteiger partial charge < -0.3 is 10.5 Å². The Labute approximate surface area is 103 Å². The van der Waals surface area contributed by atoms with Gasteiger partial charge in [-0.25, -0.2) is 0 Å². The van der Waals surface area contributed by atoms with Crippen LogP contribution in [0.2, 0.25) is 0 Å². The molecule has 0 unspecified atom stereocenters. The van der Waals surface area contributed by atoms with E-state index in [4.69, 9.17) is 15.7 Å². The number of hydrogen-bond donors (Lipinski definition) is 1. The highest BCUT2D eigenvalue weighted by Gasteiger charge is 2.16. The van der Waals surface area contributed by atoms with Gasteiger partial charge in [0.15, 0.2) is 0 Å². The van der Waals surface area contributed by atoms with E-state index < -0.39 is 0 Å². The Morgan fingerprint density at radius 3 is 2.59 bits per heavy atom. The molecule has 1 rings (SSSR count). The van der Waals surface area contributed by atoms with Crippen LogP contribution in [0.15, 0.2) is 12.1 Å². The van der Waals surface area contributed by atoms with Crippen LogP contribution in [0, 0.1) is 18.3 Å². The van der Waals surface area contributed by atoms with Crippen LogP contribution in [-0.4, -0.2) is 5.60 Å². The molecule has 0 saturated carbocycles. The lowest BCUT2D eigenvalue weighted by molar-refractivity contribution is -0.0317. The van der Waals surface area contributed by atoms with E-state index in [-0.39, 0.29) is 5.60 Å². The van der Waals surface area contributed by atoms with Crippen molar-refractivity contribution in [2.24, 2.45) is 0 Å². The first-order chi connectivity index (χ1) is 7.91. The summed E-state index contributed by atoms with van der Waals surface area (Å²) in [5, 5.41) is 8.87. The third-order valence-electron chi connectivity index (χ3n) is 3.22. The SMILES string of the molecule is CCC(C)(C)OCc1ccc(C#N)c(N)c1C. The summed E-state index contributed by atoms with van der Waals surface area (Å²) in [6.45, 7) is 8.68. The zero-order chi connectivity index (χ0) is 13.1. The van der Waals surface area contributed by atoms with Crippen LogP contribution in [0.25, 0.3) is 0 Å². The molecule has 0 atom stereocenters. The summed E-state index contributed by atoms with van der Waals surface area (Å²) >= 11 is 0. The van der Waals surface area contributed by atoms with Gasteiger partial charge in [-0.15, -0.1) is 0 Å². The molecule has 17 heavy (non-hydrogen) atoms. The molecular weight excluding hydrogens is 212 g/mol. The summed E-state index contributed by atoms with van der Waals surface area (Å²) in [6, 6.07) is 5.74. The van der Waals surface area contributed by atoms with Crippen molar-refractivity contribution >= 4 is 5.69 Å². The number of anilines is 1. The standard InChI is InChI=1S/C14H20N2O/c1-5-14(3,4)17-9-12-7-6-11(8-15)13(16)10(12)2/h6-7H,5,9,16H2,1-4H3. The smallest absolute Gasteiger partial charge is 0.101 e. The fraction of sp³-hybridized carbons (Fsp3) is 0.500. The van der Waals surface area contributed by atoms with Crippen molar-refractivity contribution in [3.05, 3.63) is 28.8 Å². The minimum Gasteiger partial charge on any atom is -0.397 e. The van der Waals surface area contributed by atoms with E-state index >= 15 is 0 Å². The number of nitrogen functional groups attached to an aromatic ring is 1. The normalized spacial score (nSPS) is 11.2. The van der Waals surface area contributed by atoms with Crippen molar-refractivity contribution in [2.75, 3.05) is 5.73 Å². The maximum Gasteiger partial charge on any atom is 0.101 e. The number of hydrogen-bond acceptors (Lipinski definition) is 3. The van der Waals surface area contributed by atoms with E-state index in [1.54, 1.807) is 6.07 Å². The summed E-state index contributed by atoms with van der Waals surface area (Å²) in [7, 11) is 0. The van der Waals surface area contributed by atoms with Crippen LogP contribution in [0.4, 0.5) is 5.69 Å². The predicted octanol–water partition coefficient (Wildman–Crippen LogP) is 3.15. The molecule has 0 heterocycles. The van der Waals surface area contributed by atoms with Gasteiger partial charge in [0.25, 0.3) is 0 Å². The molecule has 2 N–H and O–H groups in total. The van der Waals surface area contributed by atoms with E-state index in [2.05, 4.69) is 26.8 Å². The predicted molar refractivity (Wildman–Crippen MR) is 69.5 cm³/mol. The van der Waals surface area contributed by atoms with Crippen molar-refractivity contribution in [3.63, 3.8) is 0 Å². The van der Waals surface area contributed by atoms with Gasteiger partial charge in [0.2, 0.25) is 0 Å². The van der Waals surface area contributed by atoms with E-state index in [9.17, 15) is 0 Å². The Morgan fingerprint density at radius 2 is 2.06 bits per heavy atom. The van der Waals surface area contributed by atoms with Crippen molar-refractivity contribution in [2.45, 2.75) is 46.3 Å². The molecule has 0 amide bonds. The molecule has 0 aliphatic carbocycles. The summed E-state index contributed by atoms with van der Waals surface area (Å²) in [6.07, 6.45) is 0.956. The topological polar surface area (TPSA) is 59.0 Å². The highest BCUT2D eigenvalue weighted by atomic mass is 16.5. The van der Waals surface area contributed by atoms with Crippen LogP contribution >= 0.6 is 0 Å². The Morgan fingerprint density at radius 1 is 1.41 bits per heavy atom. The number of nitrogens with two attached hydrogens (primary N) is 1. The number of benzene rings is 1. The monoisotopic (exact) mass is 232 g/mol. The zero-order valence-corrected chi connectivity index (χ0v) is 11.0. The second kappa shape index (κ2) is 5.20. The number of rotatable bonds is 4. The van der Waals surface area contributed by atoms with E-state index in [0.29, 0.717) is 17.9 Å². The molecule has 0 radical (unpaired) electrons. The number of nitrogens with zero attached hydrogens (tertiary/aromatic N) is 1. The van der Waals surface area contributed by atoms with Crippen molar-refractivity contribution in [3.8, 4) is 6.07 Å². The minimum atomic E-state index is -0.130. The molecule has 0 aromatic heterocycles. The van der Waals surface area contributed by atoms with Gasteiger partial charge in [-0.3, -0.25) is 0 Å². The molecule has 0 bridgehead atoms. The van der Waals surface area contributed by atoms with Crippen LogP contribution in [0.3, 0.4) is 0 Å². The van der Waals surface area contributed by atoms with Gasteiger partial charge in [0.05, 0.1) is 23.5 Å². The molecule has 1 aromatic rings. The fourth-order valence-electron chi connectivity index (χ4n) is 1.40. The van der Waals surface area contributed by atoms with Crippen molar-refractivity contribution in [1.82, 2.24) is 0 Å². The van der Waals surface area contributed by atoms with E-state index in [1.165, 1.54) is 0 Å². The molecule has 0 aliphatic heterocycles. The highest BCUT2D eigenvalue weighted by molar-refractivity contribution is 5.61. The molecule has 3 nitrogen and oxygen atoms in total. The first kappa shape index (κ1) is 13.5. The Kier molecular flexibility index (Phi) is 4.14. The fourth-order valence-corrected chi connectivity index (χ4v) is 1.40. The van der Waals surface area contributed by atoms with Crippen molar-refractivity contribution in [1.29, 1.82) is 5.26 Å². The highest BCUT2D eigenvalue weighted by Crippen LogP contribution is 2.23. The maximum absolute atomic E-state index is 8.87. The van der Waals surface area contributed by atoms with Gasteiger partial charge in [-0.1, -0.05) is 13.0 Å². The van der Waals surface area contributed by atoms with Gasteiger partial charge in [0.1, 0.15) is 6.07 Å². The summed E-state index contributed by atoms with van der Waals surface area (Å²) < 4.78 is 5.84. The number of ether oxygens (including phenoxy) is 1. The molecular formula is C14H20N2O. The van der Waals surface area contributed by atoms with Crippen LogP contribution in [0.5, 0.6) is 0 Å². The molecule has 0 fully saturated rings. The van der Waals surface area contributed by atoms with Crippen LogP contribution in [-0.2, 0) is 11.3 Å². The van der Waals surface area contributed by atoms with Gasteiger partial charge >= 0.3 is 0 Å². The van der Waals surface area contributed by atoms with Gasteiger partial charge in [-0.05, 0) is 44.4 Å². The minimum absolute atomic E-state index is 0.130. The lowest BCUT2D eigenvalue weighted by atomic mass is 10.0. The Balaban J connectivity index is 2.88. The average molecular weight is 232 g/mol. The second-order valence-electron chi connectivity index (χ2n) is 4.82. The summed E-state index contributed by atoms with van der Waals surface area (Å²) in [5.41, 5.74) is 8.83. The quantitative estimate of drug-likeness (QED) is 0.811. The summed E-state index contributed by atoms with van der Waals surface area (Å²) in [4.78, 5) is 0. The van der Waals surface area contributed by atoms with Gasteiger partial charge in [0, 0.05) is 0 Å². The molecule has 0 aliphatic rings. The summed E-state index contributed by atoms with van der Waals surface area (Å²) in [5.74, 6) is 0. The van der Waals surface area contributed by atoms with Crippen LogP contribution < -0.4 is 5.73 Å². The Bertz CT molecular complexity index is 444. The molecule has 0 saturated heterocycles. The average Bonchev–Trinajstić information content (AvgIpc) is 2.31. The zero-order valence-electron chi connectivity index (χ0n) is 11.0. The molecule has 0 spiro atoms. The second-order valence-corrected chi connectivity index (χ2v) is 4.82. The Hall–Kier alpha value is -1.53. The molecule has 1 aromatic carbocycles. The third kappa shape index (κ3) is 3.21. The van der Waals surface area contributed by atoms with Crippen molar-refractivity contribution < 1.29 is 4.74 Å². The first-order valence-corrected chi connectivity index (χ1v) is 5.83.